The smallest absolute Gasteiger partial charge is 0.410 e. The van der Waals surface area contributed by atoms with E-state index < -0.39 is 5.60 Å². The van der Waals surface area contributed by atoms with Gasteiger partial charge in [-0.3, -0.25) is 4.99 Å². The number of hydrogen-bond acceptors (Lipinski definition) is 5. The van der Waals surface area contributed by atoms with E-state index in [-0.39, 0.29) is 30.3 Å². The summed E-state index contributed by atoms with van der Waals surface area (Å²) in [5, 5.41) is 6.89. The summed E-state index contributed by atoms with van der Waals surface area (Å²) < 4.78 is 17.0. The third-order valence-corrected chi connectivity index (χ3v) is 5.86. The fourth-order valence-corrected chi connectivity index (χ4v) is 4.51. The lowest BCUT2D eigenvalue weighted by atomic mass is 9.98. The number of benzene rings is 1. The van der Waals surface area contributed by atoms with E-state index in [0.717, 1.165) is 37.4 Å². The summed E-state index contributed by atoms with van der Waals surface area (Å²) in [6, 6.07) is 8.32. The highest BCUT2D eigenvalue weighted by atomic mass is 16.6. The Morgan fingerprint density at radius 1 is 1.19 bits per heavy atom. The van der Waals surface area contributed by atoms with E-state index in [0.29, 0.717) is 12.3 Å². The maximum absolute atomic E-state index is 12.7. The molecular formula is C24H38N4O4. The molecule has 2 fully saturated rings. The fourth-order valence-electron chi connectivity index (χ4n) is 4.51. The van der Waals surface area contributed by atoms with Crippen molar-refractivity contribution in [3.63, 3.8) is 0 Å². The van der Waals surface area contributed by atoms with Gasteiger partial charge in [0.05, 0.1) is 13.7 Å². The standard InChI is InChI=1S/C24H38N4O4/c1-16(31-21-10-8-7-9-20(21)30-6)15-26-22(25-5)27-17-13-18-11-12-19(14-17)28(18)23(29)32-24(2,3)4/h7-10,16-19H,11-15H2,1-6H3,(H2,25,26,27). The first kappa shape index (κ1) is 24.0. The Hall–Kier alpha value is -2.64. The monoisotopic (exact) mass is 446 g/mol. The molecule has 0 saturated carbocycles. The van der Waals surface area contributed by atoms with E-state index in [1.165, 1.54) is 0 Å². The number of carbonyl (C=O) groups is 1. The Morgan fingerprint density at radius 2 is 1.81 bits per heavy atom. The zero-order chi connectivity index (χ0) is 23.3. The Labute approximate surface area is 191 Å². The topological polar surface area (TPSA) is 84.4 Å². The number of nitrogens with one attached hydrogen (secondary N) is 2. The Kier molecular flexibility index (Phi) is 7.74. The largest absolute Gasteiger partial charge is 0.493 e. The highest BCUT2D eigenvalue weighted by Gasteiger charge is 2.45. The molecule has 2 bridgehead atoms. The number of guanidine groups is 1. The molecule has 1 aromatic carbocycles. The van der Waals surface area contributed by atoms with Gasteiger partial charge in [0.25, 0.3) is 0 Å². The number of carbonyl (C=O) groups excluding carboxylic acids is 1. The summed E-state index contributed by atoms with van der Waals surface area (Å²) in [5.41, 5.74) is -0.472. The second-order valence-electron chi connectivity index (χ2n) is 9.62. The van der Waals surface area contributed by atoms with Gasteiger partial charge in [-0.15, -0.1) is 0 Å². The summed E-state index contributed by atoms with van der Waals surface area (Å²) in [5.74, 6) is 2.18. The molecule has 3 atom stereocenters. The van der Waals surface area contributed by atoms with E-state index in [2.05, 4.69) is 15.6 Å². The van der Waals surface area contributed by atoms with E-state index >= 15 is 0 Å². The van der Waals surface area contributed by atoms with Gasteiger partial charge in [0.15, 0.2) is 17.5 Å². The minimum absolute atomic E-state index is 0.0740. The third-order valence-electron chi connectivity index (χ3n) is 5.86. The summed E-state index contributed by atoms with van der Waals surface area (Å²) >= 11 is 0. The molecule has 3 rings (SSSR count). The minimum Gasteiger partial charge on any atom is -0.493 e. The van der Waals surface area contributed by atoms with Gasteiger partial charge in [-0.25, -0.2) is 4.79 Å². The molecule has 32 heavy (non-hydrogen) atoms. The molecule has 8 nitrogen and oxygen atoms in total. The van der Waals surface area contributed by atoms with Crippen molar-refractivity contribution in [3.8, 4) is 11.5 Å². The lowest BCUT2D eigenvalue weighted by Gasteiger charge is -2.40. The quantitative estimate of drug-likeness (QED) is 0.514. The second kappa shape index (κ2) is 10.3. The molecule has 178 valence electrons. The van der Waals surface area contributed by atoms with Gasteiger partial charge in [0.1, 0.15) is 11.7 Å². The third kappa shape index (κ3) is 6.20. The Bertz CT molecular complexity index is 793. The lowest BCUT2D eigenvalue weighted by molar-refractivity contribution is 0.00544. The number of nitrogens with zero attached hydrogens (tertiary/aromatic N) is 2. The number of rotatable bonds is 6. The Balaban J connectivity index is 1.49. The van der Waals surface area contributed by atoms with Crippen LogP contribution in [0.1, 0.15) is 53.4 Å². The van der Waals surface area contributed by atoms with Gasteiger partial charge >= 0.3 is 6.09 Å². The molecule has 2 aliphatic heterocycles. The summed E-state index contributed by atoms with van der Waals surface area (Å²) in [6.07, 6.45) is 3.58. The molecule has 0 aromatic heterocycles. The number of hydrogen-bond donors (Lipinski definition) is 2. The summed E-state index contributed by atoms with van der Waals surface area (Å²) in [4.78, 5) is 19.0. The predicted molar refractivity (Wildman–Crippen MR) is 125 cm³/mol. The normalized spacial score (nSPS) is 24.0. The van der Waals surface area contributed by atoms with Crippen LogP contribution in [0, 0.1) is 0 Å². The first-order valence-corrected chi connectivity index (χ1v) is 11.5. The summed E-state index contributed by atoms with van der Waals surface area (Å²) in [7, 11) is 3.41. The molecule has 1 amide bonds. The molecular weight excluding hydrogens is 408 g/mol. The molecule has 0 spiro atoms. The van der Waals surface area contributed by atoms with Crippen molar-refractivity contribution in [1.29, 1.82) is 0 Å². The molecule has 1 aromatic rings. The molecule has 2 N–H and O–H groups in total. The van der Waals surface area contributed by atoms with Crippen molar-refractivity contribution in [2.75, 3.05) is 20.7 Å². The molecule has 0 aliphatic carbocycles. The van der Waals surface area contributed by atoms with E-state index in [4.69, 9.17) is 14.2 Å². The maximum atomic E-state index is 12.7. The van der Waals surface area contributed by atoms with Crippen molar-refractivity contribution >= 4 is 12.1 Å². The van der Waals surface area contributed by atoms with Crippen molar-refractivity contribution in [1.82, 2.24) is 15.5 Å². The number of ether oxygens (including phenoxy) is 3. The van der Waals surface area contributed by atoms with Crippen LogP contribution >= 0.6 is 0 Å². The number of fused-ring (bicyclic) bond motifs is 2. The number of para-hydroxylation sites is 2. The second-order valence-corrected chi connectivity index (χ2v) is 9.62. The molecule has 0 radical (unpaired) electrons. The number of amides is 1. The first-order chi connectivity index (χ1) is 15.2. The fraction of sp³-hybridized carbons (Fsp3) is 0.667. The van der Waals surface area contributed by atoms with Crippen molar-refractivity contribution in [2.45, 2.75) is 83.2 Å². The van der Waals surface area contributed by atoms with E-state index in [1.54, 1.807) is 14.2 Å². The molecule has 8 heteroatoms. The first-order valence-electron chi connectivity index (χ1n) is 11.5. The van der Waals surface area contributed by atoms with Crippen LogP contribution in [-0.2, 0) is 4.74 Å². The van der Waals surface area contributed by atoms with Gasteiger partial charge in [0.2, 0.25) is 0 Å². The number of aliphatic imine (C=N–C) groups is 1. The van der Waals surface area contributed by atoms with Crippen LogP contribution in [0.2, 0.25) is 0 Å². The SMILES string of the molecule is CN=C(NCC(C)Oc1ccccc1OC)NC1CC2CCC(C1)N2C(=O)OC(C)(C)C. The average molecular weight is 447 g/mol. The van der Waals surface area contributed by atoms with Crippen molar-refractivity contribution < 1.29 is 19.0 Å². The van der Waals surface area contributed by atoms with Gasteiger partial charge in [-0.05, 0) is 65.5 Å². The van der Waals surface area contributed by atoms with Crippen LogP contribution in [0.15, 0.2) is 29.3 Å². The van der Waals surface area contributed by atoms with Gasteiger partial charge < -0.3 is 29.7 Å². The van der Waals surface area contributed by atoms with Crippen LogP contribution in [-0.4, -0.2) is 67.5 Å². The minimum atomic E-state index is -0.472. The van der Waals surface area contributed by atoms with Crippen LogP contribution < -0.4 is 20.1 Å². The molecule has 3 unspecified atom stereocenters. The highest BCUT2D eigenvalue weighted by Crippen LogP contribution is 2.36. The number of piperidine rings is 1. The van der Waals surface area contributed by atoms with Gasteiger partial charge in [-0.1, -0.05) is 12.1 Å². The van der Waals surface area contributed by atoms with Gasteiger partial charge in [0, 0.05) is 25.2 Å². The lowest BCUT2D eigenvalue weighted by Crippen LogP contribution is -2.55. The molecule has 2 aliphatic rings. The van der Waals surface area contributed by atoms with Crippen molar-refractivity contribution in [3.05, 3.63) is 24.3 Å². The summed E-state index contributed by atoms with van der Waals surface area (Å²) in [6.45, 7) is 8.34. The van der Waals surface area contributed by atoms with Crippen LogP contribution in [0.3, 0.4) is 0 Å². The van der Waals surface area contributed by atoms with Crippen LogP contribution in [0.25, 0.3) is 0 Å². The predicted octanol–water partition coefficient (Wildman–Crippen LogP) is 3.56. The van der Waals surface area contributed by atoms with Crippen LogP contribution in [0.4, 0.5) is 4.79 Å². The average Bonchev–Trinajstić information content (AvgIpc) is 3.01. The van der Waals surface area contributed by atoms with E-state index in [1.807, 2.05) is 56.9 Å². The zero-order valence-corrected chi connectivity index (χ0v) is 20.2. The highest BCUT2D eigenvalue weighted by molar-refractivity contribution is 5.80. The molecule has 2 heterocycles. The Morgan fingerprint density at radius 3 is 2.38 bits per heavy atom. The van der Waals surface area contributed by atoms with Crippen LogP contribution in [0.5, 0.6) is 11.5 Å². The maximum Gasteiger partial charge on any atom is 0.410 e. The van der Waals surface area contributed by atoms with E-state index in [9.17, 15) is 4.79 Å². The molecule has 2 saturated heterocycles. The van der Waals surface area contributed by atoms with Crippen molar-refractivity contribution in [2.24, 2.45) is 4.99 Å². The van der Waals surface area contributed by atoms with Gasteiger partial charge in [-0.2, -0.15) is 0 Å². The number of methoxy groups -OCH3 is 1. The zero-order valence-electron chi connectivity index (χ0n) is 20.2.